The Bertz CT molecular complexity index is 459. The van der Waals surface area contributed by atoms with Gasteiger partial charge in [-0.1, -0.05) is 38.8 Å². The van der Waals surface area contributed by atoms with E-state index in [1.54, 1.807) is 0 Å². The summed E-state index contributed by atoms with van der Waals surface area (Å²) in [5, 5.41) is 3.22. The van der Waals surface area contributed by atoms with Gasteiger partial charge in [-0.3, -0.25) is 4.79 Å². The standard InChI is InChI=1S/C12H12Br2F3NO/c1-2-8(6-13)18-11(19)7-3-4-10(14)9(5-7)12(15,16)17/h3-5,8H,2,6H2,1H3,(H,18,19). The second kappa shape index (κ2) is 6.74. The van der Waals surface area contributed by atoms with Crippen LogP contribution in [0.5, 0.6) is 0 Å². The minimum Gasteiger partial charge on any atom is -0.348 e. The molecule has 1 amide bonds. The van der Waals surface area contributed by atoms with Gasteiger partial charge in [-0.2, -0.15) is 13.2 Å². The van der Waals surface area contributed by atoms with Crippen LogP contribution in [-0.4, -0.2) is 17.3 Å². The summed E-state index contributed by atoms with van der Waals surface area (Å²) in [5.41, 5.74) is -0.859. The van der Waals surface area contributed by atoms with E-state index in [2.05, 4.69) is 37.2 Å². The molecule has 1 rings (SSSR count). The Morgan fingerprint density at radius 2 is 2.05 bits per heavy atom. The van der Waals surface area contributed by atoms with Crippen molar-refractivity contribution >= 4 is 37.8 Å². The monoisotopic (exact) mass is 401 g/mol. The van der Waals surface area contributed by atoms with Crippen LogP contribution in [0.3, 0.4) is 0 Å². The molecule has 0 heterocycles. The van der Waals surface area contributed by atoms with Crippen LogP contribution < -0.4 is 5.32 Å². The lowest BCUT2D eigenvalue weighted by Crippen LogP contribution is -2.35. The number of amides is 1. The summed E-state index contributed by atoms with van der Waals surface area (Å²) in [6.45, 7) is 1.88. The Morgan fingerprint density at radius 1 is 1.42 bits per heavy atom. The van der Waals surface area contributed by atoms with Crippen LogP contribution in [0.2, 0.25) is 0 Å². The summed E-state index contributed by atoms with van der Waals surface area (Å²) in [5.74, 6) is -0.510. The summed E-state index contributed by atoms with van der Waals surface area (Å²) >= 11 is 6.07. The molecule has 1 aromatic carbocycles. The molecule has 0 aromatic heterocycles. The SMILES string of the molecule is CCC(CBr)NC(=O)c1ccc(Br)c(C(F)(F)F)c1. The molecule has 7 heteroatoms. The van der Waals surface area contributed by atoms with Crippen molar-refractivity contribution in [3.8, 4) is 0 Å². The van der Waals surface area contributed by atoms with Crippen LogP contribution >= 0.6 is 31.9 Å². The van der Waals surface area contributed by atoms with Crippen molar-refractivity contribution in [2.45, 2.75) is 25.6 Å². The van der Waals surface area contributed by atoms with Gasteiger partial charge in [0.1, 0.15) is 0 Å². The van der Waals surface area contributed by atoms with Crippen molar-refractivity contribution in [2.24, 2.45) is 0 Å². The molecule has 0 bridgehead atoms. The number of hydrogen-bond donors (Lipinski definition) is 1. The first-order valence-electron chi connectivity index (χ1n) is 5.53. The maximum atomic E-state index is 12.7. The van der Waals surface area contributed by atoms with Gasteiger partial charge in [-0.05, 0) is 24.6 Å². The fraction of sp³-hybridized carbons (Fsp3) is 0.417. The first-order valence-corrected chi connectivity index (χ1v) is 7.44. The normalized spacial score (nSPS) is 13.2. The van der Waals surface area contributed by atoms with Gasteiger partial charge in [0.25, 0.3) is 5.91 Å². The lowest BCUT2D eigenvalue weighted by Gasteiger charge is -2.15. The fourth-order valence-electron chi connectivity index (χ4n) is 1.40. The number of carbonyl (C=O) groups excluding carboxylic acids is 1. The van der Waals surface area contributed by atoms with Gasteiger partial charge in [0, 0.05) is 21.4 Å². The largest absolute Gasteiger partial charge is 0.417 e. The molecular weight excluding hydrogens is 391 g/mol. The maximum absolute atomic E-state index is 12.7. The molecule has 0 aliphatic rings. The topological polar surface area (TPSA) is 29.1 Å². The van der Waals surface area contributed by atoms with Crippen LogP contribution in [0.15, 0.2) is 22.7 Å². The van der Waals surface area contributed by atoms with E-state index in [0.29, 0.717) is 11.8 Å². The summed E-state index contributed by atoms with van der Waals surface area (Å²) < 4.78 is 38.1. The second-order valence-corrected chi connectivity index (χ2v) is 5.43. The molecular formula is C12H12Br2F3NO. The quantitative estimate of drug-likeness (QED) is 0.744. The number of benzene rings is 1. The smallest absolute Gasteiger partial charge is 0.348 e. The number of halogens is 5. The fourth-order valence-corrected chi connectivity index (χ4v) is 2.49. The lowest BCUT2D eigenvalue weighted by atomic mass is 10.1. The number of nitrogens with one attached hydrogen (secondary N) is 1. The van der Waals surface area contributed by atoms with Crippen LogP contribution in [0.25, 0.3) is 0 Å². The van der Waals surface area contributed by atoms with E-state index in [1.165, 1.54) is 12.1 Å². The second-order valence-electron chi connectivity index (χ2n) is 3.93. The average molecular weight is 403 g/mol. The molecule has 0 fully saturated rings. The molecule has 0 saturated carbocycles. The highest BCUT2D eigenvalue weighted by molar-refractivity contribution is 9.10. The third-order valence-corrected chi connectivity index (χ3v) is 4.02. The lowest BCUT2D eigenvalue weighted by molar-refractivity contribution is -0.138. The van der Waals surface area contributed by atoms with E-state index in [9.17, 15) is 18.0 Å². The Balaban J connectivity index is 2.99. The van der Waals surface area contributed by atoms with Gasteiger partial charge in [0.2, 0.25) is 0 Å². The first kappa shape index (κ1) is 16.5. The van der Waals surface area contributed by atoms with Gasteiger partial charge in [0.05, 0.1) is 5.56 Å². The van der Waals surface area contributed by atoms with E-state index in [4.69, 9.17) is 0 Å². The number of rotatable bonds is 4. The summed E-state index contributed by atoms with van der Waals surface area (Å²) in [6, 6.07) is 3.33. The molecule has 1 unspecified atom stereocenters. The Morgan fingerprint density at radius 3 is 2.53 bits per heavy atom. The molecule has 0 aliphatic heterocycles. The minimum atomic E-state index is -4.49. The molecule has 0 radical (unpaired) electrons. The first-order chi connectivity index (χ1) is 8.79. The summed E-state index contributed by atoms with van der Waals surface area (Å²) in [4.78, 5) is 11.8. The third-order valence-electron chi connectivity index (χ3n) is 2.55. The van der Waals surface area contributed by atoms with E-state index in [-0.39, 0.29) is 16.1 Å². The highest BCUT2D eigenvalue weighted by Crippen LogP contribution is 2.35. The van der Waals surface area contributed by atoms with Crippen molar-refractivity contribution in [1.29, 1.82) is 0 Å². The molecule has 1 N–H and O–H groups in total. The predicted octanol–water partition coefficient (Wildman–Crippen LogP) is 4.37. The highest BCUT2D eigenvalue weighted by atomic mass is 79.9. The summed E-state index contributed by atoms with van der Waals surface area (Å²) in [6.07, 6.45) is -3.80. The zero-order chi connectivity index (χ0) is 14.6. The van der Waals surface area contributed by atoms with Crippen molar-refractivity contribution in [1.82, 2.24) is 5.32 Å². The molecule has 0 saturated heterocycles. The molecule has 1 aromatic rings. The third kappa shape index (κ3) is 4.49. The zero-order valence-corrected chi connectivity index (χ0v) is 13.2. The van der Waals surface area contributed by atoms with Crippen molar-refractivity contribution < 1.29 is 18.0 Å². The van der Waals surface area contributed by atoms with Crippen molar-refractivity contribution in [2.75, 3.05) is 5.33 Å². The maximum Gasteiger partial charge on any atom is 0.417 e. The van der Waals surface area contributed by atoms with E-state index < -0.39 is 17.6 Å². The average Bonchev–Trinajstić information content (AvgIpc) is 2.34. The van der Waals surface area contributed by atoms with Gasteiger partial charge >= 0.3 is 6.18 Å². The van der Waals surface area contributed by atoms with Gasteiger partial charge in [-0.15, -0.1) is 0 Å². The molecule has 2 nitrogen and oxygen atoms in total. The van der Waals surface area contributed by atoms with Gasteiger partial charge < -0.3 is 5.32 Å². The Hall–Kier alpha value is -0.560. The van der Waals surface area contributed by atoms with Crippen molar-refractivity contribution in [3.63, 3.8) is 0 Å². The molecule has 19 heavy (non-hydrogen) atoms. The van der Waals surface area contributed by atoms with Crippen LogP contribution in [0.1, 0.15) is 29.3 Å². The highest BCUT2D eigenvalue weighted by Gasteiger charge is 2.33. The Labute approximate surface area is 126 Å². The Kier molecular flexibility index (Phi) is 5.85. The summed E-state index contributed by atoms with van der Waals surface area (Å²) in [7, 11) is 0. The number of carbonyl (C=O) groups is 1. The van der Waals surface area contributed by atoms with Crippen LogP contribution in [0, 0.1) is 0 Å². The molecule has 1 atom stereocenters. The molecule has 0 aliphatic carbocycles. The van der Waals surface area contributed by atoms with E-state index >= 15 is 0 Å². The van der Waals surface area contributed by atoms with Gasteiger partial charge in [0.15, 0.2) is 0 Å². The molecule has 0 spiro atoms. The van der Waals surface area contributed by atoms with E-state index in [1.807, 2.05) is 6.92 Å². The van der Waals surface area contributed by atoms with Crippen molar-refractivity contribution in [3.05, 3.63) is 33.8 Å². The van der Waals surface area contributed by atoms with Gasteiger partial charge in [-0.25, -0.2) is 0 Å². The number of hydrogen-bond acceptors (Lipinski definition) is 1. The van der Waals surface area contributed by atoms with Crippen LogP contribution in [-0.2, 0) is 6.18 Å². The minimum absolute atomic E-state index is 0.00470. The van der Waals surface area contributed by atoms with E-state index in [0.717, 1.165) is 6.07 Å². The predicted molar refractivity (Wildman–Crippen MR) is 74.5 cm³/mol. The zero-order valence-electron chi connectivity index (χ0n) is 10.0. The van der Waals surface area contributed by atoms with Crippen LogP contribution in [0.4, 0.5) is 13.2 Å². The number of alkyl halides is 4. The molecule has 106 valence electrons.